The molecule has 0 aliphatic rings. The molecule has 11 heteroatoms. The Labute approximate surface area is 215 Å². The van der Waals surface area contributed by atoms with Gasteiger partial charge in [0.2, 0.25) is 10.0 Å². The van der Waals surface area contributed by atoms with E-state index in [-0.39, 0.29) is 11.4 Å². The Kier molecular flexibility index (Phi) is 8.92. The fraction of sp³-hybridized carbons (Fsp3) is 0.0909. The van der Waals surface area contributed by atoms with Gasteiger partial charge in [0.25, 0.3) is 5.91 Å². The van der Waals surface area contributed by atoms with Crippen molar-refractivity contribution in [2.45, 2.75) is 11.4 Å². The number of nitrogens with zero attached hydrogens (tertiary/aromatic N) is 2. The van der Waals surface area contributed by atoms with Crippen LogP contribution in [0.3, 0.4) is 0 Å². The molecule has 0 atom stereocenters. The Morgan fingerprint density at radius 3 is 2.18 bits per heavy atom. The molecule has 1 N–H and O–H groups in total. The van der Waals surface area contributed by atoms with Gasteiger partial charge in [-0.05, 0) is 54.1 Å². The molecule has 0 saturated carbocycles. The molecule has 0 aliphatic heterocycles. The Bertz CT molecular complexity index is 1250. The minimum absolute atomic E-state index is 0.0386. The van der Waals surface area contributed by atoms with Gasteiger partial charge < -0.3 is 0 Å². The monoisotopic (exact) mass is 587 g/mol. The van der Waals surface area contributed by atoms with Gasteiger partial charge in [-0.2, -0.15) is 9.41 Å². The first-order valence-corrected chi connectivity index (χ1v) is 12.8. The maximum Gasteiger partial charge on any atom is 0.255 e. The molecule has 6 nitrogen and oxygen atoms in total. The van der Waals surface area contributed by atoms with E-state index in [0.717, 1.165) is 8.78 Å². The first-order valence-electron chi connectivity index (χ1n) is 9.43. The van der Waals surface area contributed by atoms with Crippen LogP contribution in [0.4, 0.5) is 0 Å². The zero-order valence-electron chi connectivity index (χ0n) is 16.9. The van der Waals surface area contributed by atoms with Crippen LogP contribution in [0.15, 0.2) is 81.2 Å². The first-order chi connectivity index (χ1) is 15.7. The van der Waals surface area contributed by atoms with E-state index in [2.05, 4.69) is 26.5 Å². The van der Waals surface area contributed by atoms with Gasteiger partial charge in [0, 0.05) is 21.6 Å². The number of nitrogens with one attached hydrogen (secondary N) is 1. The number of benzene rings is 3. The summed E-state index contributed by atoms with van der Waals surface area (Å²) in [7, 11) is -3.99. The molecule has 1 amide bonds. The van der Waals surface area contributed by atoms with Gasteiger partial charge in [-0.25, -0.2) is 13.8 Å². The lowest BCUT2D eigenvalue weighted by atomic mass is 10.2. The quantitative estimate of drug-likeness (QED) is 0.269. The van der Waals surface area contributed by atoms with Crippen LogP contribution in [0.25, 0.3) is 0 Å². The standard InChI is InChI=1S/C22H17BrCl3N3O3S/c23-16-6-10-18(11-7-16)33(31,32)29(13-15-4-8-17(24)9-5-15)14-22(30)28-27-12-19-20(25)2-1-3-21(19)26/h1-12H,13-14H2,(H,28,30)/b27-12-. The Morgan fingerprint density at radius 1 is 0.970 bits per heavy atom. The molecular weight excluding hydrogens is 573 g/mol. The third kappa shape index (κ3) is 7.02. The van der Waals surface area contributed by atoms with E-state index in [0.29, 0.717) is 26.2 Å². The normalized spacial score (nSPS) is 11.8. The van der Waals surface area contributed by atoms with E-state index < -0.39 is 22.5 Å². The highest BCUT2D eigenvalue weighted by molar-refractivity contribution is 9.10. The molecule has 0 aromatic heterocycles. The zero-order valence-corrected chi connectivity index (χ0v) is 21.6. The smallest absolute Gasteiger partial charge is 0.255 e. The molecule has 3 aromatic rings. The molecule has 3 rings (SSSR count). The average Bonchev–Trinajstić information content (AvgIpc) is 2.77. The van der Waals surface area contributed by atoms with E-state index in [1.165, 1.54) is 18.3 Å². The summed E-state index contributed by atoms with van der Waals surface area (Å²) in [6, 6.07) is 17.8. The predicted octanol–water partition coefficient (Wildman–Crippen LogP) is 5.75. The van der Waals surface area contributed by atoms with Crippen LogP contribution in [0.5, 0.6) is 0 Å². The van der Waals surface area contributed by atoms with E-state index in [1.807, 2.05) is 0 Å². The van der Waals surface area contributed by atoms with E-state index in [9.17, 15) is 13.2 Å². The summed E-state index contributed by atoms with van der Waals surface area (Å²) < 4.78 is 28.3. The van der Waals surface area contributed by atoms with Crippen LogP contribution in [0.2, 0.25) is 15.1 Å². The second-order valence-electron chi connectivity index (χ2n) is 6.78. The number of hydrogen-bond donors (Lipinski definition) is 1. The van der Waals surface area contributed by atoms with E-state index in [1.54, 1.807) is 54.6 Å². The third-order valence-corrected chi connectivity index (χ3v) is 7.67. The topological polar surface area (TPSA) is 78.8 Å². The van der Waals surface area contributed by atoms with Crippen LogP contribution >= 0.6 is 50.7 Å². The SMILES string of the molecule is O=C(CN(Cc1ccc(Cl)cc1)S(=O)(=O)c1ccc(Br)cc1)N/N=C\c1c(Cl)cccc1Cl. The van der Waals surface area contributed by atoms with Gasteiger partial charge in [0.15, 0.2) is 0 Å². The van der Waals surface area contributed by atoms with Crippen LogP contribution in [-0.4, -0.2) is 31.4 Å². The number of carbonyl (C=O) groups is 1. The van der Waals surface area contributed by atoms with Crippen molar-refractivity contribution in [3.05, 3.63) is 97.4 Å². The predicted molar refractivity (Wildman–Crippen MR) is 135 cm³/mol. The van der Waals surface area contributed by atoms with Crippen molar-refractivity contribution in [1.82, 2.24) is 9.73 Å². The summed E-state index contributed by atoms with van der Waals surface area (Å²) >= 11 is 21.4. The molecule has 0 spiro atoms. The highest BCUT2D eigenvalue weighted by Gasteiger charge is 2.27. The molecule has 3 aromatic carbocycles. The van der Waals surface area contributed by atoms with Crippen molar-refractivity contribution in [1.29, 1.82) is 0 Å². The van der Waals surface area contributed by atoms with Gasteiger partial charge in [-0.15, -0.1) is 0 Å². The van der Waals surface area contributed by atoms with Gasteiger partial charge in [-0.3, -0.25) is 4.79 Å². The van der Waals surface area contributed by atoms with Crippen molar-refractivity contribution in [3.63, 3.8) is 0 Å². The minimum atomic E-state index is -3.99. The molecule has 0 saturated heterocycles. The highest BCUT2D eigenvalue weighted by atomic mass is 79.9. The van der Waals surface area contributed by atoms with Gasteiger partial charge >= 0.3 is 0 Å². The lowest BCUT2D eigenvalue weighted by Crippen LogP contribution is -2.39. The Hall–Kier alpha value is -1.94. The summed E-state index contributed by atoms with van der Waals surface area (Å²) in [4.78, 5) is 12.6. The zero-order chi connectivity index (χ0) is 24.0. The molecular formula is C22H17BrCl3N3O3S. The molecule has 0 bridgehead atoms. The van der Waals surface area contributed by atoms with Crippen LogP contribution in [0, 0.1) is 0 Å². The molecule has 0 fully saturated rings. The Morgan fingerprint density at radius 2 is 1.58 bits per heavy atom. The second-order valence-corrected chi connectivity index (χ2v) is 10.9. The molecule has 0 aliphatic carbocycles. The fourth-order valence-electron chi connectivity index (χ4n) is 2.77. The van der Waals surface area contributed by atoms with Crippen molar-refractivity contribution < 1.29 is 13.2 Å². The average molecular weight is 590 g/mol. The number of sulfonamides is 1. The van der Waals surface area contributed by atoms with Crippen LogP contribution in [0.1, 0.15) is 11.1 Å². The summed E-state index contributed by atoms with van der Waals surface area (Å²) in [5, 5.41) is 5.11. The molecule has 0 radical (unpaired) electrons. The van der Waals surface area contributed by atoms with Gasteiger partial charge in [0.1, 0.15) is 0 Å². The number of rotatable bonds is 8. The van der Waals surface area contributed by atoms with Crippen molar-refractivity contribution in [3.8, 4) is 0 Å². The molecule has 0 heterocycles. The maximum atomic E-state index is 13.3. The first kappa shape index (κ1) is 25.7. The number of amides is 1. The van der Waals surface area contributed by atoms with Gasteiger partial charge in [-0.1, -0.05) is 68.9 Å². The van der Waals surface area contributed by atoms with E-state index >= 15 is 0 Å². The van der Waals surface area contributed by atoms with Crippen LogP contribution in [-0.2, 0) is 21.4 Å². The number of carbonyl (C=O) groups excluding carboxylic acids is 1. The fourth-order valence-corrected chi connectivity index (χ4v) is 5.04. The van der Waals surface area contributed by atoms with E-state index in [4.69, 9.17) is 34.8 Å². The molecule has 33 heavy (non-hydrogen) atoms. The second kappa shape index (κ2) is 11.5. The number of hydrogen-bond acceptors (Lipinski definition) is 4. The summed E-state index contributed by atoms with van der Waals surface area (Å²) in [5.74, 6) is -0.635. The van der Waals surface area contributed by atoms with Crippen molar-refractivity contribution in [2.75, 3.05) is 6.54 Å². The Balaban J connectivity index is 1.81. The van der Waals surface area contributed by atoms with Crippen molar-refractivity contribution >= 4 is 72.9 Å². The largest absolute Gasteiger partial charge is 0.272 e. The number of halogens is 4. The lowest BCUT2D eigenvalue weighted by Gasteiger charge is -2.21. The number of hydrazone groups is 1. The van der Waals surface area contributed by atoms with Crippen molar-refractivity contribution in [2.24, 2.45) is 5.10 Å². The maximum absolute atomic E-state index is 13.3. The van der Waals surface area contributed by atoms with Crippen LogP contribution < -0.4 is 5.43 Å². The molecule has 172 valence electrons. The molecule has 0 unspecified atom stereocenters. The van der Waals surface area contributed by atoms with Gasteiger partial charge in [0.05, 0.1) is 27.7 Å². The lowest BCUT2D eigenvalue weighted by molar-refractivity contribution is -0.121. The summed E-state index contributed by atoms with van der Waals surface area (Å²) in [5.41, 5.74) is 3.42. The minimum Gasteiger partial charge on any atom is -0.272 e. The highest BCUT2D eigenvalue weighted by Crippen LogP contribution is 2.23. The summed E-state index contributed by atoms with van der Waals surface area (Å²) in [6.45, 7) is -0.502. The third-order valence-electron chi connectivity index (χ3n) is 4.43. The summed E-state index contributed by atoms with van der Waals surface area (Å²) in [6.07, 6.45) is 1.30.